The van der Waals surface area contributed by atoms with Crippen LogP contribution in [0, 0.1) is 0 Å². The zero-order chi connectivity index (χ0) is 14.7. The van der Waals surface area contributed by atoms with Gasteiger partial charge in [-0.3, -0.25) is 4.57 Å². The minimum Gasteiger partial charge on any atom is -0.497 e. The van der Waals surface area contributed by atoms with Gasteiger partial charge < -0.3 is 19.8 Å². The van der Waals surface area contributed by atoms with Gasteiger partial charge in [-0.2, -0.15) is 0 Å². The van der Waals surface area contributed by atoms with E-state index in [9.17, 15) is 4.79 Å². The zero-order valence-corrected chi connectivity index (χ0v) is 11.9. The van der Waals surface area contributed by atoms with Crippen molar-refractivity contribution in [2.24, 2.45) is 12.8 Å². The van der Waals surface area contributed by atoms with Crippen molar-refractivity contribution in [1.29, 1.82) is 0 Å². The van der Waals surface area contributed by atoms with Crippen molar-refractivity contribution in [1.82, 2.24) is 9.13 Å². The monoisotopic (exact) mass is 277 g/mol. The lowest BCUT2D eigenvalue weighted by molar-refractivity contribution is 0.386. The molecule has 0 aliphatic carbocycles. The quantitative estimate of drug-likeness (QED) is 0.881. The van der Waals surface area contributed by atoms with E-state index < -0.39 is 0 Å². The highest BCUT2D eigenvalue weighted by Crippen LogP contribution is 2.28. The molecule has 6 heteroatoms. The van der Waals surface area contributed by atoms with Crippen LogP contribution < -0.4 is 20.9 Å². The molecule has 0 aliphatic rings. The topological polar surface area (TPSA) is 71.4 Å². The summed E-state index contributed by atoms with van der Waals surface area (Å²) in [5, 5.41) is 0. The average Bonchev–Trinajstić information content (AvgIpc) is 2.78. The van der Waals surface area contributed by atoms with Crippen molar-refractivity contribution in [3.05, 3.63) is 46.6 Å². The van der Waals surface area contributed by atoms with Crippen LogP contribution in [0.15, 0.2) is 35.4 Å². The molecule has 2 aromatic rings. The number of benzene rings is 1. The molecule has 1 unspecified atom stereocenters. The van der Waals surface area contributed by atoms with E-state index in [1.165, 1.54) is 4.57 Å². The molecule has 1 atom stereocenters. The van der Waals surface area contributed by atoms with Gasteiger partial charge >= 0.3 is 5.69 Å². The molecule has 0 saturated heterocycles. The predicted molar refractivity (Wildman–Crippen MR) is 76.1 cm³/mol. The van der Waals surface area contributed by atoms with Crippen molar-refractivity contribution in [2.75, 3.05) is 14.2 Å². The number of aryl methyl sites for hydroxylation is 1. The first-order chi connectivity index (χ1) is 9.56. The first-order valence-electron chi connectivity index (χ1n) is 6.26. The standard InChI is InChI=1S/C14H19N3O3/c1-16-6-7-17(14(16)18)9-12(15)11-5-4-10(19-2)8-13(11)20-3/h4-8,12H,9,15H2,1-3H3. The smallest absolute Gasteiger partial charge is 0.327 e. The molecule has 108 valence electrons. The molecule has 0 fully saturated rings. The molecule has 6 nitrogen and oxygen atoms in total. The van der Waals surface area contributed by atoms with Crippen LogP contribution in [-0.4, -0.2) is 23.4 Å². The van der Waals surface area contributed by atoms with Crippen LogP contribution in [0.4, 0.5) is 0 Å². The summed E-state index contributed by atoms with van der Waals surface area (Å²) < 4.78 is 13.6. The third-order valence-electron chi connectivity index (χ3n) is 3.25. The van der Waals surface area contributed by atoms with Gasteiger partial charge in [0.1, 0.15) is 11.5 Å². The fraction of sp³-hybridized carbons (Fsp3) is 0.357. The lowest BCUT2D eigenvalue weighted by Gasteiger charge is -2.16. The molecule has 1 aromatic carbocycles. The number of methoxy groups -OCH3 is 2. The number of hydrogen-bond donors (Lipinski definition) is 1. The predicted octanol–water partition coefficient (Wildman–Crippen LogP) is 0.904. The van der Waals surface area contributed by atoms with Gasteiger partial charge in [-0.25, -0.2) is 4.79 Å². The Morgan fingerprint density at radius 1 is 1.25 bits per heavy atom. The summed E-state index contributed by atoms with van der Waals surface area (Å²) in [5.41, 5.74) is 6.93. The van der Waals surface area contributed by atoms with Crippen LogP contribution in [0.2, 0.25) is 0 Å². The normalized spacial score (nSPS) is 12.2. The van der Waals surface area contributed by atoms with Gasteiger partial charge in [-0.1, -0.05) is 6.07 Å². The second kappa shape index (κ2) is 5.83. The molecule has 2 rings (SSSR count). The fourth-order valence-electron chi connectivity index (χ4n) is 2.08. The lowest BCUT2D eigenvalue weighted by atomic mass is 10.1. The van der Waals surface area contributed by atoms with Crippen LogP contribution in [0.5, 0.6) is 11.5 Å². The van der Waals surface area contributed by atoms with Crippen molar-refractivity contribution in [3.8, 4) is 11.5 Å². The molecular formula is C14H19N3O3. The highest BCUT2D eigenvalue weighted by molar-refractivity contribution is 5.42. The maximum absolute atomic E-state index is 11.8. The lowest BCUT2D eigenvalue weighted by Crippen LogP contribution is -2.27. The molecule has 0 radical (unpaired) electrons. The molecule has 1 aromatic heterocycles. The van der Waals surface area contributed by atoms with Gasteiger partial charge in [0.25, 0.3) is 0 Å². The summed E-state index contributed by atoms with van der Waals surface area (Å²) >= 11 is 0. The van der Waals surface area contributed by atoms with E-state index in [0.29, 0.717) is 18.0 Å². The number of nitrogens with zero attached hydrogens (tertiary/aromatic N) is 2. The molecule has 2 N–H and O–H groups in total. The highest BCUT2D eigenvalue weighted by atomic mass is 16.5. The second-order valence-electron chi connectivity index (χ2n) is 4.56. The summed E-state index contributed by atoms with van der Waals surface area (Å²) in [6, 6.07) is 5.13. The SMILES string of the molecule is COc1ccc(C(N)Cn2ccn(C)c2=O)c(OC)c1. The molecule has 0 amide bonds. The molecule has 20 heavy (non-hydrogen) atoms. The minimum absolute atomic E-state index is 0.0899. The Morgan fingerprint density at radius 3 is 2.55 bits per heavy atom. The van der Waals surface area contributed by atoms with Crippen molar-refractivity contribution in [3.63, 3.8) is 0 Å². The number of nitrogens with two attached hydrogens (primary N) is 1. The number of aromatic nitrogens is 2. The highest BCUT2D eigenvalue weighted by Gasteiger charge is 2.14. The van der Waals surface area contributed by atoms with E-state index in [2.05, 4.69) is 0 Å². The van der Waals surface area contributed by atoms with Crippen LogP contribution in [0.3, 0.4) is 0 Å². The number of ether oxygens (including phenoxy) is 2. The van der Waals surface area contributed by atoms with Crippen LogP contribution >= 0.6 is 0 Å². The Balaban J connectivity index is 2.27. The number of rotatable bonds is 5. The largest absolute Gasteiger partial charge is 0.497 e. The van der Waals surface area contributed by atoms with Gasteiger partial charge in [-0.15, -0.1) is 0 Å². The maximum atomic E-state index is 11.8. The third-order valence-corrected chi connectivity index (χ3v) is 3.25. The van der Waals surface area contributed by atoms with Crippen LogP contribution in [-0.2, 0) is 13.6 Å². The Morgan fingerprint density at radius 2 is 2.00 bits per heavy atom. The van der Waals surface area contributed by atoms with Gasteiger partial charge in [0.05, 0.1) is 20.3 Å². The van der Waals surface area contributed by atoms with Crippen LogP contribution in [0.25, 0.3) is 0 Å². The molecule has 1 heterocycles. The van der Waals surface area contributed by atoms with Gasteiger partial charge in [0, 0.05) is 37.6 Å². The molecule has 0 bridgehead atoms. The fourth-order valence-corrected chi connectivity index (χ4v) is 2.08. The molecular weight excluding hydrogens is 258 g/mol. The Hall–Kier alpha value is -2.21. The van der Waals surface area contributed by atoms with Gasteiger partial charge in [0.15, 0.2) is 0 Å². The van der Waals surface area contributed by atoms with Gasteiger partial charge in [-0.05, 0) is 6.07 Å². The first kappa shape index (κ1) is 14.2. The van der Waals surface area contributed by atoms with Crippen molar-refractivity contribution < 1.29 is 9.47 Å². The first-order valence-corrected chi connectivity index (χ1v) is 6.26. The van der Waals surface area contributed by atoms with E-state index in [1.807, 2.05) is 12.1 Å². The Labute approximate surface area is 117 Å². The molecule has 0 aliphatic heterocycles. The zero-order valence-electron chi connectivity index (χ0n) is 11.9. The van der Waals surface area contributed by atoms with Gasteiger partial charge in [0.2, 0.25) is 0 Å². The summed E-state index contributed by atoms with van der Waals surface area (Å²) in [7, 11) is 4.88. The van der Waals surface area contributed by atoms with Crippen molar-refractivity contribution >= 4 is 0 Å². The van der Waals surface area contributed by atoms with E-state index in [1.54, 1.807) is 44.3 Å². The second-order valence-corrected chi connectivity index (χ2v) is 4.56. The minimum atomic E-state index is -0.337. The molecule has 0 spiro atoms. The summed E-state index contributed by atoms with van der Waals surface area (Å²) in [4.78, 5) is 11.8. The van der Waals surface area contributed by atoms with E-state index >= 15 is 0 Å². The van der Waals surface area contributed by atoms with E-state index in [0.717, 1.165) is 5.56 Å². The Kier molecular flexibility index (Phi) is 4.14. The Bertz CT molecular complexity index is 645. The summed E-state index contributed by atoms with van der Waals surface area (Å²) in [6.45, 7) is 0.391. The van der Waals surface area contributed by atoms with E-state index in [-0.39, 0.29) is 11.7 Å². The summed E-state index contributed by atoms with van der Waals surface area (Å²) in [6.07, 6.45) is 3.43. The maximum Gasteiger partial charge on any atom is 0.327 e. The average molecular weight is 277 g/mol. The van der Waals surface area contributed by atoms with E-state index in [4.69, 9.17) is 15.2 Å². The third kappa shape index (κ3) is 2.70. The van der Waals surface area contributed by atoms with Crippen LogP contribution in [0.1, 0.15) is 11.6 Å². The summed E-state index contributed by atoms with van der Waals surface area (Å²) in [5.74, 6) is 1.36. The number of hydrogen-bond acceptors (Lipinski definition) is 4. The molecule has 0 saturated carbocycles. The van der Waals surface area contributed by atoms with Crippen molar-refractivity contribution in [2.45, 2.75) is 12.6 Å². The number of imidazole rings is 1.